The quantitative estimate of drug-likeness (QED) is 0.793. The molecule has 0 aromatic heterocycles. The number of carbonyl (C=O) groups excluding carboxylic acids is 1. The normalized spacial score (nSPS) is 13.8. The minimum Gasteiger partial charge on any atom is -0.343 e. The molecule has 17 heavy (non-hydrogen) atoms. The van der Waals surface area contributed by atoms with Crippen LogP contribution >= 0.6 is 0 Å². The standard InChI is InChI=1S/C14H18N2O/c1-10(2)13(15-4)14(17)16-11(3)12-8-6-5-7-9-12/h5-11,13H,1-3H3,(H,16,17)/t11-,13?/m1/s1. The predicted octanol–water partition coefficient (Wildman–Crippen LogP) is 2.81. The molecule has 1 N–H and O–H groups in total. The Morgan fingerprint density at radius 3 is 2.29 bits per heavy atom. The average Bonchev–Trinajstić information content (AvgIpc) is 2.30. The Kier molecular flexibility index (Phi) is 4.71. The van der Waals surface area contributed by atoms with Gasteiger partial charge in [0.05, 0.1) is 6.04 Å². The molecule has 0 heterocycles. The number of hydrogen-bond donors (Lipinski definition) is 1. The van der Waals surface area contributed by atoms with Crippen LogP contribution in [0.15, 0.2) is 30.3 Å². The highest BCUT2D eigenvalue weighted by molar-refractivity contribution is 5.84. The zero-order chi connectivity index (χ0) is 12.8. The summed E-state index contributed by atoms with van der Waals surface area (Å²) in [5.74, 6) is -0.151. The topological polar surface area (TPSA) is 33.5 Å². The molecule has 3 heteroatoms. The summed E-state index contributed by atoms with van der Waals surface area (Å²) < 4.78 is 0. The van der Waals surface area contributed by atoms with Gasteiger partial charge in [0.1, 0.15) is 0 Å². The van der Waals surface area contributed by atoms with Crippen LogP contribution in [-0.4, -0.2) is 11.9 Å². The Bertz CT molecular complexity index is 406. The summed E-state index contributed by atoms with van der Waals surface area (Å²) in [6.07, 6.45) is 0. The van der Waals surface area contributed by atoms with Gasteiger partial charge in [0.2, 0.25) is 0 Å². The zero-order valence-electron chi connectivity index (χ0n) is 10.5. The first-order valence-corrected chi connectivity index (χ1v) is 5.78. The van der Waals surface area contributed by atoms with E-state index in [0.717, 1.165) is 5.56 Å². The number of nitrogens with one attached hydrogen (secondary N) is 1. The number of rotatable bonds is 4. The van der Waals surface area contributed by atoms with Crippen molar-refractivity contribution in [3.8, 4) is 0 Å². The molecule has 3 nitrogen and oxygen atoms in total. The van der Waals surface area contributed by atoms with Gasteiger partial charge < -0.3 is 10.2 Å². The summed E-state index contributed by atoms with van der Waals surface area (Å²) in [5, 5.41) is 2.88. The largest absolute Gasteiger partial charge is 0.343 e. The van der Waals surface area contributed by atoms with Gasteiger partial charge in [-0.25, -0.2) is 6.57 Å². The van der Waals surface area contributed by atoms with Crippen molar-refractivity contribution in [3.63, 3.8) is 0 Å². The summed E-state index contributed by atoms with van der Waals surface area (Å²) in [6, 6.07) is 9.08. The minimum atomic E-state index is -0.596. The highest BCUT2D eigenvalue weighted by Crippen LogP contribution is 2.13. The molecule has 0 radical (unpaired) electrons. The molecule has 1 unspecified atom stereocenters. The summed E-state index contributed by atoms with van der Waals surface area (Å²) in [6.45, 7) is 12.7. The lowest BCUT2D eigenvalue weighted by Gasteiger charge is -2.16. The Morgan fingerprint density at radius 1 is 1.24 bits per heavy atom. The Balaban J connectivity index is 2.67. The molecule has 2 atom stereocenters. The maximum atomic E-state index is 11.9. The number of amides is 1. The summed E-state index contributed by atoms with van der Waals surface area (Å²) >= 11 is 0. The van der Waals surface area contributed by atoms with Crippen molar-refractivity contribution in [3.05, 3.63) is 47.3 Å². The molecular weight excluding hydrogens is 212 g/mol. The second-order valence-electron chi connectivity index (χ2n) is 4.46. The van der Waals surface area contributed by atoms with Crippen LogP contribution in [0.1, 0.15) is 32.4 Å². The van der Waals surface area contributed by atoms with Crippen LogP contribution in [0.2, 0.25) is 0 Å². The van der Waals surface area contributed by atoms with Crippen molar-refractivity contribution >= 4 is 5.91 Å². The number of hydrogen-bond acceptors (Lipinski definition) is 1. The lowest BCUT2D eigenvalue weighted by atomic mass is 10.0. The predicted molar refractivity (Wildman–Crippen MR) is 68.2 cm³/mol. The SMILES string of the molecule is [C-]#[N+]C(C(=O)N[C@H](C)c1ccccc1)C(C)C. The van der Waals surface area contributed by atoms with Crippen molar-refractivity contribution < 1.29 is 4.79 Å². The number of nitrogens with zero attached hydrogens (tertiary/aromatic N) is 1. The molecule has 0 fully saturated rings. The zero-order valence-corrected chi connectivity index (χ0v) is 10.5. The van der Waals surface area contributed by atoms with Crippen LogP contribution in [0.4, 0.5) is 0 Å². The molecule has 90 valence electrons. The van der Waals surface area contributed by atoms with Gasteiger partial charge in [-0.15, -0.1) is 0 Å². The molecule has 1 amide bonds. The molecule has 0 bridgehead atoms. The first-order chi connectivity index (χ1) is 8.06. The van der Waals surface area contributed by atoms with Gasteiger partial charge in [0, 0.05) is 5.92 Å². The van der Waals surface area contributed by atoms with E-state index in [2.05, 4.69) is 10.2 Å². The second kappa shape index (κ2) is 6.05. The van der Waals surface area contributed by atoms with Crippen molar-refractivity contribution in [1.82, 2.24) is 5.32 Å². The Labute approximate surface area is 103 Å². The highest BCUT2D eigenvalue weighted by atomic mass is 16.2. The van der Waals surface area contributed by atoms with Crippen LogP contribution in [0.25, 0.3) is 4.85 Å². The van der Waals surface area contributed by atoms with Crippen molar-refractivity contribution in [1.29, 1.82) is 0 Å². The van der Waals surface area contributed by atoms with E-state index in [1.807, 2.05) is 51.1 Å². The van der Waals surface area contributed by atoms with Gasteiger partial charge in [-0.1, -0.05) is 44.2 Å². The molecule has 0 spiro atoms. The number of benzene rings is 1. The fraction of sp³-hybridized carbons (Fsp3) is 0.429. The van der Waals surface area contributed by atoms with E-state index in [4.69, 9.17) is 6.57 Å². The molecule has 0 saturated heterocycles. The summed E-state index contributed by atoms with van der Waals surface area (Å²) in [5.41, 5.74) is 1.05. The Hall–Kier alpha value is -1.82. The maximum absolute atomic E-state index is 11.9. The third-order valence-electron chi connectivity index (χ3n) is 2.70. The van der Waals surface area contributed by atoms with Gasteiger partial charge in [-0.05, 0) is 12.5 Å². The van der Waals surface area contributed by atoms with Crippen LogP contribution in [-0.2, 0) is 4.79 Å². The second-order valence-corrected chi connectivity index (χ2v) is 4.46. The lowest BCUT2D eigenvalue weighted by Crippen LogP contribution is -2.37. The monoisotopic (exact) mass is 230 g/mol. The molecule has 0 aliphatic heterocycles. The smallest absolute Gasteiger partial charge is 0.304 e. The van der Waals surface area contributed by atoms with Crippen LogP contribution in [0.3, 0.4) is 0 Å². The molecule has 1 rings (SSSR count). The van der Waals surface area contributed by atoms with E-state index in [0.29, 0.717) is 0 Å². The van der Waals surface area contributed by atoms with Crippen molar-refractivity contribution in [2.75, 3.05) is 0 Å². The van der Waals surface area contributed by atoms with E-state index in [1.165, 1.54) is 0 Å². The molecular formula is C14H18N2O. The van der Waals surface area contributed by atoms with E-state index >= 15 is 0 Å². The molecule has 0 saturated carbocycles. The molecule has 1 aromatic carbocycles. The molecule has 0 aliphatic carbocycles. The first-order valence-electron chi connectivity index (χ1n) is 5.78. The average molecular weight is 230 g/mol. The van der Waals surface area contributed by atoms with Crippen molar-refractivity contribution in [2.45, 2.75) is 32.9 Å². The molecule has 0 aliphatic rings. The molecule has 1 aromatic rings. The van der Waals surface area contributed by atoms with E-state index in [-0.39, 0.29) is 17.9 Å². The van der Waals surface area contributed by atoms with Gasteiger partial charge in [-0.2, -0.15) is 0 Å². The van der Waals surface area contributed by atoms with Crippen molar-refractivity contribution in [2.24, 2.45) is 5.92 Å². The van der Waals surface area contributed by atoms with E-state index in [1.54, 1.807) is 0 Å². The van der Waals surface area contributed by atoms with Gasteiger partial charge in [0.25, 0.3) is 0 Å². The third-order valence-corrected chi connectivity index (χ3v) is 2.70. The first kappa shape index (κ1) is 13.2. The van der Waals surface area contributed by atoms with E-state index in [9.17, 15) is 4.79 Å². The maximum Gasteiger partial charge on any atom is 0.304 e. The third kappa shape index (κ3) is 3.60. The minimum absolute atomic E-state index is 0.0375. The van der Waals surface area contributed by atoms with E-state index < -0.39 is 6.04 Å². The van der Waals surface area contributed by atoms with Crippen LogP contribution < -0.4 is 5.32 Å². The summed E-state index contributed by atoms with van der Waals surface area (Å²) in [7, 11) is 0. The fourth-order valence-electron chi connectivity index (χ4n) is 1.63. The van der Waals surface area contributed by atoms with Gasteiger partial charge in [-0.3, -0.25) is 4.79 Å². The van der Waals surface area contributed by atoms with Gasteiger partial charge in [0.15, 0.2) is 0 Å². The number of carbonyl (C=O) groups is 1. The highest BCUT2D eigenvalue weighted by Gasteiger charge is 2.28. The van der Waals surface area contributed by atoms with Crippen LogP contribution in [0.5, 0.6) is 0 Å². The van der Waals surface area contributed by atoms with Gasteiger partial charge >= 0.3 is 11.9 Å². The lowest BCUT2D eigenvalue weighted by molar-refractivity contribution is -0.122. The van der Waals surface area contributed by atoms with Crippen LogP contribution in [0, 0.1) is 12.5 Å². The Morgan fingerprint density at radius 2 is 1.82 bits per heavy atom. The summed E-state index contributed by atoms with van der Waals surface area (Å²) in [4.78, 5) is 15.2. The fourth-order valence-corrected chi connectivity index (χ4v) is 1.63.